The van der Waals surface area contributed by atoms with Crippen LogP contribution in [0.4, 0.5) is 0 Å². The zero-order valence-corrected chi connectivity index (χ0v) is 11.5. The van der Waals surface area contributed by atoms with Crippen LogP contribution in [-0.4, -0.2) is 37.0 Å². The Morgan fingerprint density at radius 2 is 1.81 bits per heavy atom. The zero-order valence-electron chi connectivity index (χ0n) is 10.7. The Bertz CT molecular complexity index is 199. The van der Waals surface area contributed by atoms with Crippen molar-refractivity contribution in [1.29, 1.82) is 0 Å². The molecule has 0 saturated carbocycles. The second-order valence-electron chi connectivity index (χ2n) is 4.40. The number of carbonyl (C=O) groups excluding carboxylic acids is 1. The van der Waals surface area contributed by atoms with E-state index in [2.05, 4.69) is 19.2 Å². The predicted molar refractivity (Wildman–Crippen MR) is 70.0 cm³/mol. The predicted octanol–water partition coefficient (Wildman–Crippen LogP) is 2.05. The minimum atomic E-state index is 0. The van der Waals surface area contributed by atoms with Crippen LogP contribution in [0, 0.1) is 5.92 Å². The molecule has 0 atom stereocenters. The van der Waals surface area contributed by atoms with Gasteiger partial charge in [0, 0.05) is 25.0 Å². The van der Waals surface area contributed by atoms with Gasteiger partial charge in [0.05, 0.1) is 0 Å². The molecule has 1 rings (SSSR count). The summed E-state index contributed by atoms with van der Waals surface area (Å²) >= 11 is 0. The lowest BCUT2D eigenvalue weighted by Crippen LogP contribution is -2.45. The summed E-state index contributed by atoms with van der Waals surface area (Å²) in [6.07, 6.45) is 4.15. The van der Waals surface area contributed by atoms with E-state index < -0.39 is 0 Å². The van der Waals surface area contributed by atoms with Gasteiger partial charge in [-0.05, 0) is 32.7 Å². The maximum atomic E-state index is 12.1. The van der Waals surface area contributed by atoms with Crippen LogP contribution < -0.4 is 5.32 Å². The van der Waals surface area contributed by atoms with Crippen molar-refractivity contribution >= 4 is 18.3 Å². The molecular formula is C12H25ClN2O. The van der Waals surface area contributed by atoms with Crippen molar-refractivity contribution in [3.63, 3.8) is 0 Å². The topological polar surface area (TPSA) is 32.3 Å². The van der Waals surface area contributed by atoms with Gasteiger partial charge in [-0.2, -0.15) is 0 Å². The van der Waals surface area contributed by atoms with Crippen molar-refractivity contribution in [3.8, 4) is 0 Å². The van der Waals surface area contributed by atoms with Crippen molar-refractivity contribution in [2.45, 2.75) is 45.6 Å². The molecule has 3 nitrogen and oxygen atoms in total. The maximum absolute atomic E-state index is 12.1. The van der Waals surface area contributed by atoms with Gasteiger partial charge in [0.1, 0.15) is 0 Å². The highest BCUT2D eigenvalue weighted by Gasteiger charge is 2.25. The van der Waals surface area contributed by atoms with E-state index in [0.717, 1.165) is 38.8 Å². The van der Waals surface area contributed by atoms with E-state index in [-0.39, 0.29) is 18.3 Å². The molecule has 1 N–H and O–H groups in total. The van der Waals surface area contributed by atoms with Gasteiger partial charge >= 0.3 is 0 Å². The largest absolute Gasteiger partial charge is 0.342 e. The molecule has 1 aliphatic rings. The zero-order chi connectivity index (χ0) is 11.3. The quantitative estimate of drug-likeness (QED) is 0.826. The summed E-state index contributed by atoms with van der Waals surface area (Å²) in [7, 11) is 2.00. The first-order valence-electron chi connectivity index (χ1n) is 6.18. The third-order valence-electron chi connectivity index (χ3n) is 3.55. The van der Waals surface area contributed by atoms with E-state index in [1.807, 2.05) is 11.9 Å². The molecule has 1 amide bonds. The number of hydrogen-bond donors (Lipinski definition) is 1. The average molecular weight is 249 g/mol. The molecule has 0 bridgehead atoms. The third-order valence-corrected chi connectivity index (χ3v) is 3.55. The number of hydrogen-bond acceptors (Lipinski definition) is 2. The van der Waals surface area contributed by atoms with Gasteiger partial charge in [-0.3, -0.25) is 4.79 Å². The van der Waals surface area contributed by atoms with Gasteiger partial charge in [0.25, 0.3) is 0 Å². The second kappa shape index (κ2) is 7.91. The van der Waals surface area contributed by atoms with Crippen molar-refractivity contribution in [3.05, 3.63) is 0 Å². The summed E-state index contributed by atoms with van der Waals surface area (Å²) in [5.41, 5.74) is 0. The molecule has 16 heavy (non-hydrogen) atoms. The van der Waals surface area contributed by atoms with Gasteiger partial charge in [0.15, 0.2) is 0 Å². The first kappa shape index (κ1) is 15.7. The highest BCUT2D eigenvalue weighted by atomic mass is 35.5. The molecule has 1 fully saturated rings. The fourth-order valence-electron chi connectivity index (χ4n) is 2.28. The first-order valence-corrected chi connectivity index (χ1v) is 6.18. The monoisotopic (exact) mass is 248 g/mol. The Labute approximate surface area is 105 Å². The van der Waals surface area contributed by atoms with Crippen LogP contribution in [0.1, 0.15) is 39.5 Å². The summed E-state index contributed by atoms with van der Waals surface area (Å²) in [5, 5.41) is 3.28. The molecule has 0 aromatic rings. The van der Waals surface area contributed by atoms with E-state index in [0.29, 0.717) is 11.9 Å². The van der Waals surface area contributed by atoms with Crippen LogP contribution in [-0.2, 0) is 4.79 Å². The molecule has 0 aromatic heterocycles. The molecule has 0 aromatic carbocycles. The lowest BCUT2D eigenvalue weighted by molar-refractivity contribution is -0.136. The Balaban J connectivity index is 0.00000225. The van der Waals surface area contributed by atoms with Crippen molar-refractivity contribution < 1.29 is 4.79 Å². The maximum Gasteiger partial charge on any atom is 0.225 e. The minimum Gasteiger partial charge on any atom is -0.342 e. The highest BCUT2D eigenvalue weighted by molar-refractivity contribution is 5.85. The van der Waals surface area contributed by atoms with Gasteiger partial charge in [0.2, 0.25) is 5.91 Å². The van der Waals surface area contributed by atoms with Gasteiger partial charge in [-0.15, -0.1) is 12.4 Å². The van der Waals surface area contributed by atoms with E-state index in [1.54, 1.807) is 0 Å². The van der Waals surface area contributed by atoms with Crippen molar-refractivity contribution in [1.82, 2.24) is 10.2 Å². The Kier molecular flexibility index (Phi) is 7.77. The fraction of sp³-hybridized carbons (Fsp3) is 0.917. The molecule has 1 aliphatic heterocycles. The molecule has 0 aliphatic carbocycles. The summed E-state index contributed by atoms with van der Waals surface area (Å²) in [6.45, 7) is 6.07. The summed E-state index contributed by atoms with van der Waals surface area (Å²) in [4.78, 5) is 14.1. The first-order chi connectivity index (χ1) is 7.22. The lowest BCUT2D eigenvalue weighted by Gasteiger charge is -2.33. The number of rotatable bonds is 4. The van der Waals surface area contributed by atoms with Crippen LogP contribution in [0.25, 0.3) is 0 Å². The molecule has 1 saturated heterocycles. The van der Waals surface area contributed by atoms with Crippen LogP contribution in [0.5, 0.6) is 0 Å². The van der Waals surface area contributed by atoms with Crippen LogP contribution in [0.3, 0.4) is 0 Å². The smallest absolute Gasteiger partial charge is 0.225 e. The molecule has 1 heterocycles. The molecular weight excluding hydrogens is 224 g/mol. The number of halogens is 1. The number of piperidine rings is 1. The average Bonchev–Trinajstić information content (AvgIpc) is 2.30. The van der Waals surface area contributed by atoms with Crippen LogP contribution in [0.2, 0.25) is 0 Å². The van der Waals surface area contributed by atoms with Crippen molar-refractivity contribution in [2.24, 2.45) is 5.92 Å². The van der Waals surface area contributed by atoms with Crippen molar-refractivity contribution in [2.75, 3.05) is 20.1 Å². The van der Waals surface area contributed by atoms with Crippen LogP contribution >= 0.6 is 12.4 Å². The molecule has 4 heteroatoms. The number of carbonyl (C=O) groups is 1. The van der Waals surface area contributed by atoms with Gasteiger partial charge in [-0.1, -0.05) is 13.8 Å². The second-order valence-corrected chi connectivity index (χ2v) is 4.40. The standard InChI is InChI=1S/C12H24N2O.ClH/c1-4-10(5-2)12(15)14-8-6-11(13-3)7-9-14;/h10-11,13H,4-9H2,1-3H3;1H. The normalized spacial score (nSPS) is 17.4. The summed E-state index contributed by atoms with van der Waals surface area (Å²) in [6, 6.07) is 0.607. The Hall–Kier alpha value is -0.280. The lowest BCUT2D eigenvalue weighted by atomic mass is 9.98. The van der Waals surface area contributed by atoms with E-state index in [9.17, 15) is 4.79 Å². The van der Waals surface area contributed by atoms with E-state index in [1.165, 1.54) is 0 Å². The van der Waals surface area contributed by atoms with Crippen LogP contribution in [0.15, 0.2) is 0 Å². The highest BCUT2D eigenvalue weighted by Crippen LogP contribution is 2.16. The molecule has 0 unspecified atom stereocenters. The van der Waals surface area contributed by atoms with E-state index in [4.69, 9.17) is 0 Å². The van der Waals surface area contributed by atoms with Gasteiger partial charge in [-0.25, -0.2) is 0 Å². The van der Waals surface area contributed by atoms with E-state index >= 15 is 0 Å². The number of nitrogens with one attached hydrogen (secondary N) is 1. The Morgan fingerprint density at radius 1 is 1.31 bits per heavy atom. The number of nitrogens with zero attached hydrogens (tertiary/aromatic N) is 1. The molecule has 0 spiro atoms. The minimum absolute atomic E-state index is 0. The number of likely N-dealkylation sites (tertiary alicyclic amines) is 1. The molecule has 0 radical (unpaired) electrons. The fourth-order valence-corrected chi connectivity index (χ4v) is 2.28. The number of amides is 1. The summed E-state index contributed by atoms with van der Waals surface area (Å²) < 4.78 is 0. The third kappa shape index (κ3) is 3.95. The Morgan fingerprint density at radius 3 is 2.19 bits per heavy atom. The SMILES string of the molecule is CCC(CC)C(=O)N1CCC(NC)CC1.Cl. The van der Waals surface area contributed by atoms with Gasteiger partial charge < -0.3 is 10.2 Å². The molecule has 96 valence electrons. The summed E-state index contributed by atoms with van der Waals surface area (Å²) in [5.74, 6) is 0.616.